The first-order valence-corrected chi connectivity index (χ1v) is 15.0. The fraction of sp³-hybridized carbons (Fsp3) is 0.135. The number of carbonyl (C=O) groups is 6. The second-order valence-corrected chi connectivity index (χ2v) is 10.2. The van der Waals surface area contributed by atoms with Gasteiger partial charge in [-0.2, -0.15) is 0 Å². The molecule has 0 fully saturated rings. The van der Waals surface area contributed by atoms with E-state index in [9.17, 15) is 28.8 Å². The maximum absolute atomic E-state index is 12.7. The van der Waals surface area contributed by atoms with E-state index >= 15 is 0 Å². The van der Waals surface area contributed by atoms with Crippen LogP contribution in [-0.4, -0.2) is 49.7 Å². The highest BCUT2D eigenvalue weighted by atomic mass is 16.7. The average molecular weight is 683 g/mol. The zero-order valence-electron chi connectivity index (χ0n) is 26.7. The van der Waals surface area contributed by atoms with Gasteiger partial charge in [-0.15, -0.1) is 0 Å². The molecule has 4 aromatic carbocycles. The highest BCUT2D eigenvalue weighted by Crippen LogP contribution is 2.26. The van der Waals surface area contributed by atoms with Gasteiger partial charge in [-0.05, 0) is 116 Å². The summed E-state index contributed by atoms with van der Waals surface area (Å²) in [5.74, 6) is -1.45. The molecule has 0 aromatic heterocycles. The number of benzene rings is 4. The Bertz CT molecular complexity index is 1840. The highest BCUT2D eigenvalue weighted by Gasteiger charge is 2.15. The first-order valence-electron chi connectivity index (χ1n) is 15.0. The molecule has 0 saturated carbocycles. The van der Waals surface area contributed by atoms with Gasteiger partial charge in [0, 0.05) is 6.08 Å². The van der Waals surface area contributed by atoms with Crippen LogP contribution >= 0.6 is 0 Å². The Kier molecular flexibility index (Phi) is 13.0. The summed E-state index contributed by atoms with van der Waals surface area (Å²) in [4.78, 5) is 71.1. The van der Waals surface area contributed by atoms with Crippen molar-refractivity contribution in [1.29, 1.82) is 0 Å². The second-order valence-electron chi connectivity index (χ2n) is 10.2. The van der Waals surface area contributed by atoms with Crippen molar-refractivity contribution in [3.8, 4) is 28.7 Å². The lowest BCUT2D eigenvalue weighted by atomic mass is 10.2. The summed E-state index contributed by atoms with van der Waals surface area (Å²) in [7, 11) is 0. The standard InChI is InChI=1S/C37H30O13/c1-3-33(39)44-20-4-5-21-45-37(43)49-30-16-10-25(11-17-30)34(40)47-29-14-8-26(9-15-29)35(41)48-31-18-19-32(24(2)22-31)50-36(42)27-6-12-28(13-7-27)46-23-38/h3,6-19,22-23H,1,4-5,20-21H2,2H3. The minimum Gasteiger partial charge on any atom is -0.463 e. The quantitative estimate of drug-likeness (QED) is 0.0347. The minimum atomic E-state index is -0.928. The number of aryl methyl sites for hydroxylation is 1. The fourth-order valence-corrected chi connectivity index (χ4v) is 4.05. The van der Waals surface area contributed by atoms with Crippen LogP contribution in [0.25, 0.3) is 0 Å². The molecule has 0 aliphatic rings. The molecule has 0 bridgehead atoms. The molecule has 0 saturated heterocycles. The molecule has 0 atom stereocenters. The number of esters is 4. The van der Waals surface area contributed by atoms with Crippen molar-refractivity contribution < 1.29 is 61.9 Å². The molecule has 50 heavy (non-hydrogen) atoms. The summed E-state index contributed by atoms with van der Waals surface area (Å²) in [6.07, 6.45) is 1.09. The minimum absolute atomic E-state index is 0.0663. The van der Waals surface area contributed by atoms with Crippen LogP contribution in [0.3, 0.4) is 0 Å². The second kappa shape index (κ2) is 18.0. The highest BCUT2D eigenvalue weighted by molar-refractivity contribution is 5.93. The van der Waals surface area contributed by atoms with Gasteiger partial charge in [0.25, 0.3) is 6.47 Å². The SMILES string of the molecule is C=CC(=O)OCCCCOC(=O)Oc1ccc(C(=O)Oc2ccc(C(=O)Oc3ccc(OC(=O)c4ccc(OC=O)cc4)c(C)c3)cc2)cc1. The summed E-state index contributed by atoms with van der Waals surface area (Å²) in [5, 5.41) is 0. The normalized spacial score (nSPS) is 10.2. The summed E-state index contributed by atoms with van der Waals surface area (Å²) in [5.41, 5.74) is 1.13. The van der Waals surface area contributed by atoms with Crippen LogP contribution in [0.5, 0.6) is 28.7 Å². The fourth-order valence-electron chi connectivity index (χ4n) is 4.05. The van der Waals surface area contributed by atoms with Crippen molar-refractivity contribution in [1.82, 2.24) is 0 Å². The molecule has 0 aliphatic carbocycles. The van der Waals surface area contributed by atoms with E-state index in [-0.39, 0.29) is 65.1 Å². The van der Waals surface area contributed by atoms with E-state index in [4.69, 9.17) is 33.2 Å². The van der Waals surface area contributed by atoms with Crippen LogP contribution in [0, 0.1) is 6.92 Å². The number of unbranched alkanes of at least 4 members (excludes halogenated alkanes) is 1. The van der Waals surface area contributed by atoms with Crippen LogP contribution < -0.4 is 23.7 Å². The first kappa shape index (κ1) is 36.1. The molecule has 256 valence electrons. The molecule has 4 rings (SSSR count). The van der Waals surface area contributed by atoms with Gasteiger partial charge >= 0.3 is 30.0 Å². The molecule has 0 spiro atoms. The van der Waals surface area contributed by atoms with Crippen molar-refractivity contribution in [2.75, 3.05) is 13.2 Å². The smallest absolute Gasteiger partial charge is 0.463 e. The first-order chi connectivity index (χ1) is 24.1. The van der Waals surface area contributed by atoms with Crippen LogP contribution in [0.1, 0.15) is 49.5 Å². The molecular formula is C37H30O13. The molecule has 0 N–H and O–H groups in total. The lowest BCUT2D eigenvalue weighted by Crippen LogP contribution is -2.13. The van der Waals surface area contributed by atoms with Crippen LogP contribution in [0.2, 0.25) is 0 Å². The number of hydrogen-bond donors (Lipinski definition) is 0. The number of hydrogen-bond acceptors (Lipinski definition) is 13. The predicted octanol–water partition coefficient (Wildman–Crippen LogP) is 6.21. The van der Waals surface area contributed by atoms with Gasteiger partial charge in [0.15, 0.2) is 0 Å². The van der Waals surface area contributed by atoms with E-state index in [1.807, 2.05) is 0 Å². The van der Waals surface area contributed by atoms with E-state index in [1.165, 1.54) is 91.0 Å². The van der Waals surface area contributed by atoms with Crippen LogP contribution in [0.4, 0.5) is 4.79 Å². The molecule has 0 heterocycles. The maximum atomic E-state index is 12.7. The molecule has 0 amide bonds. The van der Waals surface area contributed by atoms with E-state index in [0.717, 1.165) is 6.08 Å². The summed E-state index contributed by atoms with van der Waals surface area (Å²) < 4.78 is 35.8. The van der Waals surface area contributed by atoms with Crippen LogP contribution in [-0.2, 0) is 19.1 Å². The topological polar surface area (TPSA) is 167 Å². The van der Waals surface area contributed by atoms with E-state index in [1.54, 1.807) is 6.92 Å². The number of ether oxygens (including phenoxy) is 7. The Morgan fingerprint density at radius 1 is 0.580 bits per heavy atom. The molecule has 0 unspecified atom stereocenters. The van der Waals surface area contributed by atoms with Gasteiger partial charge in [-0.25, -0.2) is 24.0 Å². The molecular weight excluding hydrogens is 652 g/mol. The number of rotatable bonds is 15. The Morgan fingerprint density at radius 2 is 1.04 bits per heavy atom. The predicted molar refractivity (Wildman–Crippen MR) is 174 cm³/mol. The Morgan fingerprint density at radius 3 is 1.56 bits per heavy atom. The third-order valence-electron chi connectivity index (χ3n) is 6.60. The lowest BCUT2D eigenvalue weighted by Gasteiger charge is -2.10. The van der Waals surface area contributed by atoms with Gasteiger partial charge in [0.05, 0.1) is 29.9 Å². The van der Waals surface area contributed by atoms with Gasteiger partial charge in [0.1, 0.15) is 28.7 Å². The van der Waals surface area contributed by atoms with Gasteiger partial charge in [-0.1, -0.05) is 6.58 Å². The zero-order chi connectivity index (χ0) is 35.9. The van der Waals surface area contributed by atoms with Crippen molar-refractivity contribution in [3.05, 3.63) is 126 Å². The maximum Gasteiger partial charge on any atom is 0.513 e. The molecule has 0 radical (unpaired) electrons. The van der Waals surface area contributed by atoms with Gasteiger partial charge in [0.2, 0.25) is 0 Å². The van der Waals surface area contributed by atoms with Crippen molar-refractivity contribution >= 4 is 36.5 Å². The molecule has 13 heteroatoms. The Labute approximate surface area is 285 Å². The Balaban J connectivity index is 1.22. The lowest BCUT2D eigenvalue weighted by molar-refractivity contribution is -0.137. The van der Waals surface area contributed by atoms with E-state index in [2.05, 4.69) is 6.58 Å². The molecule has 4 aromatic rings. The van der Waals surface area contributed by atoms with Gasteiger partial charge in [-0.3, -0.25) is 4.79 Å². The van der Waals surface area contributed by atoms with Gasteiger partial charge < -0.3 is 33.2 Å². The summed E-state index contributed by atoms with van der Waals surface area (Å²) in [6, 6.07) is 21.6. The zero-order valence-corrected chi connectivity index (χ0v) is 26.7. The van der Waals surface area contributed by atoms with E-state index < -0.39 is 30.0 Å². The average Bonchev–Trinajstić information content (AvgIpc) is 3.11. The van der Waals surface area contributed by atoms with Crippen LogP contribution in [0.15, 0.2) is 104 Å². The monoisotopic (exact) mass is 682 g/mol. The summed E-state index contributed by atoms with van der Waals surface area (Å²) in [6.45, 7) is 5.50. The largest absolute Gasteiger partial charge is 0.513 e. The Hall–Kier alpha value is -6.76. The van der Waals surface area contributed by atoms with Crippen molar-refractivity contribution in [2.24, 2.45) is 0 Å². The third kappa shape index (κ3) is 10.9. The number of carbonyl (C=O) groups excluding carboxylic acids is 6. The summed E-state index contributed by atoms with van der Waals surface area (Å²) >= 11 is 0. The van der Waals surface area contributed by atoms with E-state index in [0.29, 0.717) is 18.4 Å². The van der Waals surface area contributed by atoms with Crippen molar-refractivity contribution in [2.45, 2.75) is 19.8 Å². The molecule has 0 aliphatic heterocycles. The van der Waals surface area contributed by atoms with Crippen molar-refractivity contribution in [3.63, 3.8) is 0 Å². The third-order valence-corrected chi connectivity index (χ3v) is 6.60. The molecule has 13 nitrogen and oxygen atoms in total.